The van der Waals surface area contributed by atoms with Crippen LogP contribution in [0.4, 0.5) is 0 Å². The fourth-order valence-electron chi connectivity index (χ4n) is 3.14. The largest absolute Gasteiger partial charge is 0.328 e. The standard InChI is InChI=1S/C12H22N2/c13-10-3-4-11(7-10)14-8-12(5-6-12)9-1-2-9/h9-11,14H,1-8,13H2. The summed E-state index contributed by atoms with van der Waals surface area (Å²) in [5.74, 6) is 1.09. The summed E-state index contributed by atoms with van der Waals surface area (Å²) in [5.41, 5.74) is 6.67. The fraction of sp³-hybridized carbons (Fsp3) is 1.00. The van der Waals surface area contributed by atoms with Crippen LogP contribution in [0.3, 0.4) is 0 Å². The van der Waals surface area contributed by atoms with Gasteiger partial charge < -0.3 is 11.1 Å². The van der Waals surface area contributed by atoms with E-state index in [4.69, 9.17) is 5.73 Å². The van der Waals surface area contributed by atoms with Gasteiger partial charge in [-0.25, -0.2) is 0 Å². The van der Waals surface area contributed by atoms with E-state index in [1.54, 1.807) is 0 Å². The maximum Gasteiger partial charge on any atom is 0.00826 e. The van der Waals surface area contributed by atoms with E-state index in [0.717, 1.165) is 17.4 Å². The molecule has 3 aliphatic carbocycles. The second-order valence-corrected chi connectivity index (χ2v) is 5.79. The number of rotatable bonds is 4. The lowest BCUT2D eigenvalue weighted by molar-refractivity contribution is 0.371. The van der Waals surface area contributed by atoms with Crippen molar-refractivity contribution in [2.45, 2.75) is 57.0 Å². The zero-order chi connectivity index (χ0) is 9.60. The molecular formula is C12H22N2. The maximum atomic E-state index is 5.91. The topological polar surface area (TPSA) is 38.0 Å². The first-order valence-corrected chi connectivity index (χ1v) is 6.27. The molecule has 0 aliphatic heterocycles. The van der Waals surface area contributed by atoms with E-state index >= 15 is 0 Å². The number of nitrogens with one attached hydrogen (secondary N) is 1. The molecule has 0 radical (unpaired) electrons. The van der Waals surface area contributed by atoms with Crippen LogP contribution >= 0.6 is 0 Å². The Morgan fingerprint density at radius 3 is 2.43 bits per heavy atom. The van der Waals surface area contributed by atoms with E-state index in [1.165, 1.54) is 51.5 Å². The highest BCUT2D eigenvalue weighted by Crippen LogP contribution is 2.60. The molecule has 0 spiro atoms. The van der Waals surface area contributed by atoms with Crippen molar-refractivity contribution in [1.82, 2.24) is 5.32 Å². The summed E-state index contributed by atoms with van der Waals surface area (Å²) in [6, 6.07) is 1.21. The van der Waals surface area contributed by atoms with Crippen LogP contribution in [0.15, 0.2) is 0 Å². The van der Waals surface area contributed by atoms with Gasteiger partial charge in [0.25, 0.3) is 0 Å². The Balaban J connectivity index is 1.45. The van der Waals surface area contributed by atoms with Crippen LogP contribution in [-0.2, 0) is 0 Å². The minimum Gasteiger partial charge on any atom is -0.328 e. The summed E-state index contributed by atoms with van der Waals surface area (Å²) in [4.78, 5) is 0. The third kappa shape index (κ3) is 1.70. The van der Waals surface area contributed by atoms with Gasteiger partial charge in [-0.2, -0.15) is 0 Å². The Labute approximate surface area is 86.6 Å². The third-order valence-electron chi connectivity index (χ3n) is 4.55. The molecule has 2 unspecified atom stereocenters. The van der Waals surface area contributed by atoms with Crippen molar-refractivity contribution in [3.05, 3.63) is 0 Å². The van der Waals surface area contributed by atoms with Gasteiger partial charge in [0.2, 0.25) is 0 Å². The van der Waals surface area contributed by atoms with Crippen molar-refractivity contribution in [3.63, 3.8) is 0 Å². The average Bonchev–Trinajstić information content (AvgIpc) is 3.03. The minimum absolute atomic E-state index is 0.476. The Hall–Kier alpha value is -0.0800. The van der Waals surface area contributed by atoms with Gasteiger partial charge in [0, 0.05) is 18.6 Å². The van der Waals surface area contributed by atoms with E-state index in [-0.39, 0.29) is 0 Å². The predicted molar refractivity (Wildman–Crippen MR) is 58.0 cm³/mol. The number of hydrogen-bond donors (Lipinski definition) is 2. The van der Waals surface area contributed by atoms with E-state index < -0.39 is 0 Å². The normalized spacial score (nSPS) is 40.1. The summed E-state index contributed by atoms with van der Waals surface area (Å²) < 4.78 is 0. The van der Waals surface area contributed by atoms with E-state index in [9.17, 15) is 0 Å². The SMILES string of the molecule is NC1CCC(NCC2(C3CC3)CC2)C1. The molecule has 0 heterocycles. The highest BCUT2D eigenvalue weighted by molar-refractivity contribution is 5.05. The quantitative estimate of drug-likeness (QED) is 0.714. The van der Waals surface area contributed by atoms with E-state index in [1.807, 2.05) is 0 Å². The van der Waals surface area contributed by atoms with Crippen LogP contribution in [0.2, 0.25) is 0 Å². The molecule has 2 nitrogen and oxygen atoms in total. The number of hydrogen-bond acceptors (Lipinski definition) is 2. The van der Waals surface area contributed by atoms with Crippen LogP contribution in [0.1, 0.15) is 44.9 Å². The first-order valence-electron chi connectivity index (χ1n) is 6.27. The van der Waals surface area contributed by atoms with Crippen LogP contribution in [0.25, 0.3) is 0 Å². The second kappa shape index (κ2) is 3.21. The van der Waals surface area contributed by atoms with Gasteiger partial charge in [-0.3, -0.25) is 0 Å². The molecule has 0 aromatic heterocycles. The summed E-state index contributed by atoms with van der Waals surface area (Å²) in [6.45, 7) is 1.29. The second-order valence-electron chi connectivity index (χ2n) is 5.79. The van der Waals surface area contributed by atoms with Crippen molar-refractivity contribution in [2.75, 3.05) is 6.54 Å². The smallest absolute Gasteiger partial charge is 0.00826 e. The van der Waals surface area contributed by atoms with Gasteiger partial charge >= 0.3 is 0 Å². The first-order chi connectivity index (χ1) is 6.78. The maximum absolute atomic E-state index is 5.91. The monoisotopic (exact) mass is 194 g/mol. The van der Waals surface area contributed by atoms with Crippen LogP contribution in [0.5, 0.6) is 0 Å². The molecule has 2 atom stereocenters. The van der Waals surface area contributed by atoms with E-state index in [2.05, 4.69) is 5.32 Å². The van der Waals surface area contributed by atoms with Gasteiger partial charge in [0.15, 0.2) is 0 Å². The van der Waals surface area contributed by atoms with Crippen molar-refractivity contribution in [1.29, 1.82) is 0 Å². The van der Waals surface area contributed by atoms with Gasteiger partial charge in [-0.1, -0.05) is 0 Å². The number of nitrogens with two attached hydrogens (primary N) is 1. The highest BCUT2D eigenvalue weighted by atomic mass is 15.0. The van der Waals surface area contributed by atoms with Crippen molar-refractivity contribution in [3.8, 4) is 0 Å². The lowest BCUT2D eigenvalue weighted by atomic mass is 10.0. The molecule has 0 bridgehead atoms. The molecule has 14 heavy (non-hydrogen) atoms. The zero-order valence-corrected chi connectivity index (χ0v) is 8.97. The predicted octanol–water partition coefficient (Wildman–Crippen LogP) is 1.65. The van der Waals surface area contributed by atoms with Crippen LogP contribution in [-0.4, -0.2) is 18.6 Å². The molecule has 3 N–H and O–H groups in total. The Bertz CT molecular complexity index is 218. The molecule has 80 valence electrons. The van der Waals surface area contributed by atoms with Crippen molar-refractivity contribution >= 4 is 0 Å². The molecule has 0 aromatic rings. The Kier molecular flexibility index (Phi) is 2.10. The lowest BCUT2D eigenvalue weighted by Crippen LogP contribution is -2.34. The van der Waals surface area contributed by atoms with Gasteiger partial charge in [-0.05, 0) is 56.3 Å². The summed E-state index contributed by atoms with van der Waals surface area (Å²) in [5, 5.41) is 3.76. The van der Waals surface area contributed by atoms with E-state index in [0.29, 0.717) is 6.04 Å². The highest BCUT2D eigenvalue weighted by Gasteiger charge is 2.53. The van der Waals surface area contributed by atoms with Crippen LogP contribution < -0.4 is 11.1 Å². The minimum atomic E-state index is 0.476. The molecule has 3 saturated carbocycles. The first kappa shape index (κ1) is 9.17. The van der Waals surface area contributed by atoms with Crippen molar-refractivity contribution in [2.24, 2.45) is 17.1 Å². The average molecular weight is 194 g/mol. The Morgan fingerprint density at radius 1 is 1.14 bits per heavy atom. The van der Waals surface area contributed by atoms with Crippen LogP contribution in [0, 0.1) is 11.3 Å². The third-order valence-corrected chi connectivity index (χ3v) is 4.55. The fourth-order valence-corrected chi connectivity index (χ4v) is 3.14. The Morgan fingerprint density at radius 2 is 1.93 bits per heavy atom. The zero-order valence-electron chi connectivity index (χ0n) is 8.97. The van der Waals surface area contributed by atoms with Gasteiger partial charge in [0.05, 0.1) is 0 Å². The van der Waals surface area contributed by atoms with Gasteiger partial charge in [-0.15, -0.1) is 0 Å². The molecule has 0 aromatic carbocycles. The summed E-state index contributed by atoms with van der Waals surface area (Å²) in [6.07, 6.45) is 9.74. The molecule has 3 fully saturated rings. The summed E-state index contributed by atoms with van der Waals surface area (Å²) >= 11 is 0. The van der Waals surface area contributed by atoms with Crippen molar-refractivity contribution < 1.29 is 0 Å². The molecule has 3 rings (SSSR count). The molecule has 2 heteroatoms. The molecule has 3 aliphatic rings. The molecular weight excluding hydrogens is 172 g/mol. The molecule has 0 amide bonds. The lowest BCUT2D eigenvalue weighted by Gasteiger charge is -2.19. The summed E-state index contributed by atoms with van der Waals surface area (Å²) in [7, 11) is 0. The van der Waals surface area contributed by atoms with Gasteiger partial charge in [0.1, 0.15) is 0 Å². The molecule has 0 saturated heterocycles.